The average molecular weight is 435 g/mol. The number of methoxy groups -OCH3 is 2. The molecule has 2 fully saturated rings. The van der Waals surface area contributed by atoms with Crippen LogP contribution >= 0.6 is 0 Å². The predicted octanol–water partition coefficient (Wildman–Crippen LogP) is 5.12. The topological polar surface area (TPSA) is 61.8 Å². The lowest BCUT2D eigenvalue weighted by Gasteiger charge is -2.46. The number of carbonyl (C=O) groups excluding carboxylic acids is 2. The average Bonchev–Trinajstić information content (AvgIpc) is 3.31. The van der Waals surface area contributed by atoms with E-state index in [1.807, 2.05) is 18.2 Å². The van der Waals surface area contributed by atoms with Crippen molar-refractivity contribution in [1.29, 1.82) is 0 Å². The molecule has 2 unspecified atom stereocenters. The highest BCUT2D eigenvalue weighted by molar-refractivity contribution is 6.14. The minimum Gasteiger partial charge on any atom is -0.495 e. The van der Waals surface area contributed by atoms with Crippen molar-refractivity contribution in [3.63, 3.8) is 0 Å². The molecule has 5 rings (SSSR count). The standard InChI is InChI=1S/C27H30O5/c1-26(2)19-12-16-11-17-23(32-27(16,3)13-20(19)26)18(14-28)25(31-5)21(24(17)30-4)22(29)15-9-7-6-8-10-15/h6-10,14,16,19-20H,11-13H2,1-5H3/t16?,19-,20+,27?/m1/s1. The molecule has 1 heterocycles. The second-order valence-electron chi connectivity index (χ2n) is 10.3. The normalized spacial score (nSPS) is 29.0. The monoisotopic (exact) mass is 434 g/mol. The van der Waals surface area contributed by atoms with Crippen LogP contribution in [0.1, 0.15) is 65.5 Å². The van der Waals surface area contributed by atoms with Gasteiger partial charge in [-0.15, -0.1) is 0 Å². The van der Waals surface area contributed by atoms with E-state index < -0.39 is 0 Å². The lowest BCUT2D eigenvalue weighted by atomic mass is 9.71. The molecular weight excluding hydrogens is 404 g/mol. The fourth-order valence-corrected chi connectivity index (χ4v) is 6.34. The van der Waals surface area contributed by atoms with Crippen LogP contribution in [0.3, 0.4) is 0 Å². The van der Waals surface area contributed by atoms with Crippen LogP contribution in [-0.2, 0) is 6.42 Å². The van der Waals surface area contributed by atoms with Gasteiger partial charge in [0, 0.05) is 17.0 Å². The summed E-state index contributed by atoms with van der Waals surface area (Å²) in [5, 5.41) is 0. The second kappa shape index (κ2) is 7.09. The summed E-state index contributed by atoms with van der Waals surface area (Å²) in [5.41, 5.74) is 1.88. The van der Waals surface area contributed by atoms with Gasteiger partial charge < -0.3 is 14.2 Å². The Morgan fingerprint density at radius 2 is 1.75 bits per heavy atom. The van der Waals surface area contributed by atoms with Gasteiger partial charge in [0.05, 0.1) is 19.8 Å². The van der Waals surface area contributed by atoms with E-state index in [4.69, 9.17) is 14.2 Å². The number of hydrogen-bond donors (Lipinski definition) is 0. The Kier molecular flexibility index (Phi) is 4.66. The Bertz CT molecular complexity index is 1100. The van der Waals surface area contributed by atoms with E-state index in [0.717, 1.165) is 24.7 Å². The van der Waals surface area contributed by atoms with Gasteiger partial charge in [-0.2, -0.15) is 0 Å². The fourth-order valence-electron chi connectivity index (χ4n) is 6.34. The molecule has 2 saturated carbocycles. The Labute approximate surface area is 189 Å². The van der Waals surface area contributed by atoms with Gasteiger partial charge in [-0.3, -0.25) is 9.59 Å². The highest BCUT2D eigenvalue weighted by Crippen LogP contribution is 2.69. The number of rotatable bonds is 5. The number of hydrogen-bond acceptors (Lipinski definition) is 5. The van der Waals surface area contributed by atoms with E-state index >= 15 is 0 Å². The minimum atomic E-state index is -0.347. The molecule has 32 heavy (non-hydrogen) atoms. The van der Waals surface area contributed by atoms with Crippen molar-refractivity contribution in [2.75, 3.05) is 14.2 Å². The number of carbonyl (C=O) groups is 2. The Morgan fingerprint density at radius 1 is 1.06 bits per heavy atom. The third kappa shape index (κ3) is 2.83. The molecule has 5 nitrogen and oxygen atoms in total. The van der Waals surface area contributed by atoms with Crippen molar-refractivity contribution in [2.24, 2.45) is 23.2 Å². The van der Waals surface area contributed by atoms with Crippen molar-refractivity contribution in [1.82, 2.24) is 0 Å². The number of ketones is 1. The van der Waals surface area contributed by atoms with Gasteiger partial charge in [0.2, 0.25) is 5.78 Å². The molecule has 0 N–H and O–H groups in total. The quantitative estimate of drug-likeness (QED) is 0.483. The molecule has 0 amide bonds. The number of fused-ring (bicyclic) bond motifs is 3. The minimum absolute atomic E-state index is 0.215. The van der Waals surface area contributed by atoms with Gasteiger partial charge >= 0.3 is 0 Å². The predicted molar refractivity (Wildman–Crippen MR) is 121 cm³/mol. The molecule has 2 aromatic rings. The molecule has 168 valence electrons. The maximum atomic E-state index is 13.5. The zero-order valence-electron chi connectivity index (χ0n) is 19.4. The van der Waals surface area contributed by atoms with Gasteiger partial charge in [-0.1, -0.05) is 44.2 Å². The van der Waals surface area contributed by atoms with Crippen LogP contribution in [0.4, 0.5) is 0 Å². The summed E-state index contributed by atoms with van der Waals surface area (Å²) in [6.45, 7) is 6.85. The molecule has 0 radical (unpaired) electrons. The summed E-state index contributed by atoms with van der Waals surface area (Å²) >= 11 is 0. The third-order valence-electron chi connectivity index (χ3n) is 8.38. The molecule has 0 spiro atoms. The third-order valence-corrected chi connectivity index (χ3v) is 8.38. The van der Waals surface area contributed by atoms with E-state index in [0.29, 0.717) is 52.2 Å². The second-order valence-corrected chi connectivity index (χ2v) is 10.3. The lowest BCUT2D eigenvalue weighted by Crippen LogP contribution is -2.48. The molecule has 0 saturated heterocycles. The summed E-state index contributed by atoms with van der Waals surface area (Å²) in [4.78, 5) is 25.8. The van der Waals surface area contributed by atoms with E-state index in [-0.39, 0.29) is 22.7 Å². The van der Waals surface area contributed by atoms with Crippen LogP contribution in [0.2, 0.25) is 0 Å². The van der Waals surface area contributed by atoms with Crippen molar-refractivity contribution >= 4 is 12.1 Å². The largest absolute Gasteiger partial charge is 0.495 e. The zero-order valence-corrected chi connectivity index (χ0v) is 19.4. The van der Waals surface area contributed by atoms with Gasteiger partial charge in [-0.05, 0) is 43.4 Å². The Morgan fingerprint density at radius 3 is 2.38 bits per heavy atom. The molecule has 4 atom stereocenters. The molecule has 0 bridgehead atoms. The number of benzene rings is 2. The zero-order chi connectivity index (χ0) is 22.8. The highest BCUT2D eigenvalue weighted by atomic mass is 16.5. The smallest absolute Gasteiger partial charge is 0.200 e. The first kappa shape index (κ1) is 21.0. The fraction of sp³-hybridized carbons (Fsp3) is 0.481. The Balaban J connectivity index is 1.68. The molecule has 0 aromatic heterocycles. The van der Waals surface area contributed by atoms with Crippen LogP contribution in [0.5, 0.6) is 17.2 Å². The Hall–Kier alpha value is -2.82. The van der Waals surface area contributed by atoms with Crippen molar-refractivity contribution in [3.8, 4) is 17.2 Å². The highest BCUT2D eigenvalue weighted by Gasteiger charge is 2.65. The summed E-state index contributed by atoms with van der Waals surface area (Å²) < 4.78 is 18.1. The van der Waals surface area contributed by atoms with Gasteiger partial charge in [0.25, 0.3) is 0 Å². The van der Waals surface area contributed by atoms with Gasteiger partial charge in [-0.25, -0.2) is 0 Å². The SMILES string of the molecule is COc1c(C=O)c2c(c(OC)c1C(=O)c1ccccc1)CC1C[C@@H]3[C@H](CC1(C)O2)C3(C)C. The van der Waals surface area contributed by atoms with Gasteiger partial charge in [0.1, 0.15) is 28.4 Å². The van der Waals surface area contributed by atoms with Gasteiger partial charge in [0.15, 0.2) is 6.29 Å². The van der Waals surface area contributed by atoms with E-state index in [9.17, 15) is 9.59 Å². The van der Waals surface area contributed by atoms with E-state index in [1.165, 1.54) is 7.11 Å². The summed E-state index contributed by atoms with van der Waals surface area (Å²) in [5.74, 6) is 2.60. The maximum absolute atomic E-state index is 13.5. The van der Waals surface area contributed by atoms with Crippen LogP contribution < -0.4 is 14.2 Å². The summed E-state index contributed by atoms with van der Waals surface area (Å²) in [7, 11) is 3.04. The summed E-state index contributed by atoms with van der Waals surface area (Å²) in [6, 6.07) is 9.00. The van der Waals surface area contributed by atoms with Crippen molar-refractivity contribution < 1.29 is 23.8 Å². The van der Waals surface area contributed by atoms with Crippen molar-refractivity contribution in [2.45, 2.75) is 45.6 Å². The molecule has 2 aromatic carbocycles. The number of ether oxygens (including phenoxy) is 3. The molecule has 3 aliphatic rings. The van der Waals surface area contributed by atoms with Crippen LogP contribution in [0.25, 0.3) is 0 Å². The molecular formula is C27H30O5. The van der Waals surface area contributed by atoms with Crippen molar-refractivity contribution in [3.05, 3.63) is 52.6 Å². The summed E-state index contributed by atoms with van der Waals surface area (Å²) in [6.07, 6.45) is 3.52. The van der Waals surface area contributed by atoms with Crippen LogP contribution in [-0.4, -0.2) is 31.9 Å². The van der Waals surface area contributed by atoms with Crippen LogP contribution in [0, 0.1) is 23.2 Å². The molecule has 1 aliphatic heterocycles. The first-order valence-electron chi connectivity index (χ1n) is 11.3. The molecule has 2 aliphatic carbocycles. The molecule has 5 heteroatoms. The first-order valence-corrected chi connectivity index (χ1v) is 11.3. The lowest BCUT2D eigenvalue weighted by molar-refractivity contribution is -0.0265. The first-order chi connectivity index (χ1) is 15.3. The number of aldehydes is 1. The maximum Gasteiger partial charge on any atom is 0.200 e. The van der Waals surface area contributed by atoms with Crippen LogP contribution in [0.15, 0.2) is 30.3 Å². The van der Waals surface area contributed by atoms with E-state index in [2.05, 4.69) is 20.8 Å². The van der Waals surface area contributed by atoms with E-state index in [1.54, 1.807) is 19.2 Å².